The van der Waals surface area contributed by atoms with Crippen LogP contribution in [0, 0.1) is 11.3 Å². The smallest absolute Gasteiger partial charge is 0.0755 e. The lowest BCUT2D eigenvalue weighted by atomic mass is 9.69. The first-order valence-electron chi connectivity index (χ1n) is 6.69. The van der Waals surface area contributed by atoms with E-state index in [1.807, 2.05) is 0 Å². The Morgan fingerprint density at radius 1 is 1.19 bits per heavy atom. The zero-order chi connectivity index (χ0) is 12.0. The van der Waals surface area contributed by atoms with Gasteiger partial charge in [-0.05, 0) is 44.4 Å². The first kappa shape index (κ1) is 12.4. The zero-order valence-electron chi connectivity index (χ0n) is 11.5. The van der Waals surface area contributed by atoms with Crippen LogP contribution in [0.3, 0.4) is 0 Å². The van der Waals surface area contributed by atoms with Crippen molar-refractivity contribution >= 4 is 0 Å². The first-order chi connectivity index (χ1) is 7.28. The van der Waals surface area contributed by atoms with E-state index in [4.69, 9.17) is 4.74 Å². The lowest BCUT2D eigenvalue weighted by molar-refractivity contribution is -0.136. The Bertz CT molecular complexity index is 254. The summed E-state index contributed by atoms with van der Waals surface area (Å²) in [5.41, 5.74) is 0.468. The molecule has 1 aliphatic carbocycles. The van der Waals surface area contributed by atoms with Crippen molar-refractivity contribution in [3.05, 3.63) is 0 Å². The van der Waals surface area contributed by atoms with Gasteiger partial charge in [0, 0.05) is 12.6 Å². The Morgan fingerprint density at radius 2 is 1.88 bits per heavy atom. The minimum absolute atomic E-state index is 0.0235. The van der Waals surface area contributed by atoms with Gasteiger partial charge in [-0.1, -0.05) is 20.8 Å². The highest BCUT2D eigenvalue weighted by atomic mass is 16.5. The van der Waals surface area contributed by atoms with Crippen LogP contribution < -0.4 is 5.32 Å². The van der Waals surface area contributed by atoms with Crippen molar-refractivity contribution in [3.63, 3.8) is 0 Å². The Balaban J connectivity index is 1.98. The summed E-state index contributed by atoms with van der Waals surface area (Å²) in [5.74, 6) is 0.839. The molecule has 1 heterocycles. The van der Waals surface area contributed by atoms with E-state index >= 15 is 0 Å². The van der Waals surface area contributed by atoms with Gasteiger partial charge in [-0.2, -0.15) is 0 Å². The van der Waals surface area contributed by atoms with Crippen molar-refractivity contribution < 1.29 is 4.74 Å². The summed E-state index contributed by atoms with van der Waals surface area (Å²) in [6.07, 6.45) is 4.28. The molecular weight excluding hydrogens is 198 g/mol. The highest BCUT2D eigenvalue weighted by Gasteiger charge is 2.41. The Hall–Kier alpha value is -0.0800. The second-order valence-electron chi connectivity index (χ2n) is 7.28. The van der Waals surface area contributed by atoms with E-state index in [0.29, 0.717) is 17.6 Å². The standard InChI is InChI=1S/C14H27NO/c1-13(2,3)10-6-7-12-11(8-10)15-9-14(4,5)16-12/h10-12,15H,6-9H2,1-5H3. The number of hydrogen-bond donors (Lipinski definition) is 1. The summed E-state index contributed by atoms with van der Waals surface area (Å²) < 4.78 is 6.18. The summed E-state index contributed by atoms with van der Waals surface area (Å²) >= 11 is 0. The number of hydrogen-bond acceptors (Lipinski definition) is 2. The van der Waals surface area contributed by atoms with Crippen LogP contribution in [0.1, 0.15) is 53.9 Å². The van der Waals surface area contributed by atoms with E-state index in [9.17, 15) is 0 Å². The first-order valence-corrected chi connectivity index (χ1v) is 6.69. The second kappa shape index (κ2) is 3.99. The molecule has 0 bridgehead atoms. The summed E-state index contributed by atoms with van der Waals surface area (Å²) in [4.78, 5) is 0. The monoisotopic (exact) mass is 225 g/mol. The summed E-state index contributed by atoms with van der Waals surface area (Å²) in [6.45, 7) is 12.5. The number of morpholine rings is 1. The lowest BCUT2D eigenvalue weighted by Crippen LogP contribution is -2.59. The average Bonchev–Trinajstić information content (AvgIpc) is 2.14. The molecule has 16 heavy (non-hydrogen) atoms. The van der Waals surface area contributed by atoms with Crippen molar-refractivity contribution in [1.29, 1.82) is 0 Å². The number of nitrogens with one attached hydrogen (secondary N) is 1. The molecule has 0 aromatic rings. The van der Waals surface area contributed by atoms with Crippen LogP contribution in [-0.4, -0.2) is 24.3 Å². The van der Waals surface area contributed by atoms with Crippen molar-refractivity contribution in [2.45, 2.75) is 71.6 Å². The molecule has 94 valence electrons. The van der Waals surface area contributed by atoms with Crippen LogP contribution in [0.25, 0.3) is 0 Å². The molecule has 2 heteroatoms. The highest BCUT2D eigenvalue weighted by Crippen LogP contribution is 2.40. The molecular formula is C14H27NO. The van der Waals surface area contributed by atoms with Crippen LogP contribution >= 0.6 is 0 Å². The molecule has 2 rings (SSSR count). The third-order valence-corrected chi connectivity index (χ3v) is 4.27. The fraction of sp³-hybridized carbons (Fsp3) is 1.00. The van der Waals surface area contributed by atoms with Gasteiger partial charge in [-0.25, -0.2) is 0 Å². The van der Waals surface area contributed by atoms with Crippen molar-refractivity contribution in [2.75, 3.05) is 6.54 Å². The predicted molar refractivity (Wildman–Crippen MR) is 67.5 cm³/mol. The van der Waals surface area contributed by atoms with Gasteiger partial charge < -0.3 is 10.1 Å². The molecule has 2 fully saturated rings. The second-order valence-corrected chi connectivity index (χ2v) is 7.28. The van der Waals surface area contributed by atoms with Crippen molar-refractivity contribution in [1.82, 2.24) is 5.32 Å². The molecule has 2 aliphatic rings. The maximum atomic E-state index is 6.18. The lowest BCUT2D eigenvalue weighted by Gasteiger charge is -2.48. The van der Waals surface area contributed by atoms with E-state index in [0.717, 1.165) is 12.5 Å². The Morgan fingerprint density at radius 3 is 2.50 bits per heavy atom. The maximum absolute atomic E-state index is 6.18. The molecule has 3 unspecified atom stereocenters. The average molecular weight is 225 g/mol. The van der Waals surface area contributed by atoms with Crippen LogP contribution in [-0.2, 0) is 4.74 Å². The molecule has 0 aromatic heterocycles. The summed E-state index contributed by atoms with van der Waals surface area (Å²) in [5, 5.41) is 3.69. The molecule has 0 radical (unpaired) electrons. The minimum atomic E-state index is 0.0235. The zero-order valence-corrected chi connectivity index (χ0v) is 11.5. The summed E-state index contributed by atoms with van der Waals surface area (Å²) in [6, 6.07) is 0.589. The maximum Gasteiger partial charge on any atom is 0.0755 e. The van der Waals surface area contributed by atoms with Gasteiger partial charge in [-0.15, -0.1) is 0 Å². The van der Waals surface area contributed by atoms with E-state index < -0.39 is 0 Å². The third-order valence-electron chi connectivity index (χ3n) is 4.27. The van der Waals surface area contributed by atoms with Gasteiger partial charge >= 0.3 is 0 Å². The molecule has 1 saturated carbocycles. The Labute approximate surface area is 100 Å². The van der Waals surface area contributed by atoms with E-state index in [2.05, 4.69) is 39.9 Å². The van der Waals surface area contributed by atoms with Crippen LogP contribution in [0.4, 0.5) is 0 Å². The van der Waals surface area contributed by atoms with E-state index in [1.54, 1.807) is 0 Å². The molecule has 0 amide bonds. The highest BCUT2D eigenvalue weighted by molar-refractivity contribution is 4.95. The van der Waals surface area contributed by atoms with Gasteiger partial charge in [0.2, 0.25) is 0 Å². The molecule has 1 aliphatic heterocycles. The summed E-state index contributed by atoms with van der Waals surface area (Å²) in [7, 11) is 0. The van der Waals surface area contributed by atoms with Gasteiger partial charge in [-0.3, -0.25) is 0 Å². The van der Waals surface area contributed by atoms with Crippen LogP contribution in [0.5, 0.6) is 0 Å². The topological polar surface area (TPSA) is 21.3 Å². The third kappa shape index (κ3) is 2.60. The van der Waals surface area contributed by atoms with Crippen LogP contribution in [0.2, 0.25) is 0 Å². The van der Waals surface area contributed by atoms with Gasteiger partial charge in [0.05, 0.1) is 11.7 Å². The van der Waals surface area contributed by atoms with Crippen molar-refractivity contribution in [3.8, 4) is 0 Å². The van der Waals surface area contributed by atoms with E-state index in [-0.39, 0.29) is 5.60 Å². The largest absolute Gasteiger partial charge is 0.369 e. The van der Waals surface area contributed by atoms with Gasteiger partial charge in [0.15, 0.2) is 0 Å². The Kier molecular flexibility index (Phi) is 3.09. The fourth-order valence-electron chi connectivity index (χ4n) is 3.11. The predicted octanol–water partition coefficient (Wildman–Crippen LogP) is 2.97. The molecule has 0 aromatic carbocycles. The number of fused-ring (bicyclic) bond motifs is 1. The van der Waals surface area contributed by atoms with Crippen molar-refractivity contribution in [2.24, 2.45) is 11.3 Å². The molecule has 2 nitrogen and oxygen atoms in total. The molecule has 3 atom stereocenters. The van der Waals surface area contributed by atoms with Crippen LogP contribution in [0.15, 0.2) is 0 Å². The number of ether oxygens (including phenoxy) is 1. The number of rotatable bonds is 0. The quantitative estimate of drug-likeness (QED) is 0.684. The van der Waals surface area contributed by atoms with Gasteiger partial charge in [0.1, 0.15) is 0 Å². The normalized spacial score (nSPS) is 39.2. The molecule has 0 spiro atoms. The molecule has 1 saturated heterocycles. The van der Waals surface area contributed by atoms with E-state index in [1.165, 1.54) is 19.3 Å². The van der Waals surface area contributed by atoms with Gasteiger partial charge in [0.25, 0.3) is 0 Å². The fourth-order valence-corrected chi connectivity index (χ4v) is 3.11. The SMILES string of the molecule is CC1(C)CNC2CC(C(C)(C)C)CCC2O1. The minimum Gasteiger partial charge on any atom is -0.369 e. The molecule has 1 N–H and O–H groups in total.